The number of benzene rings is 2. The molecule has 22 heavy (non-hydrogen) atoms. The first-order chi connectivity index (χ1) is 10.8. The third-order valence-electron chi connectivity index (χ3n) is 4.38. The minimum absolute atomic E-state index is 0.624. The van der Waals surface area contributed by atoms with Gasteiger partial charge in [0, 0.05) is 6.04 Å². The minimum atomic E-state index is 0.624. The zero-order valence-electron chi connectivity index (χ0n) is 13.3. The van der Waals surface area contributed by atoms with E-state index in [4.69, 9.17) is 4.74 Å². The van der Waals surface area contributed by atoms with Crippen molar-refractivity contribution in [1.82, 2.24) is 5.32 Å². The molecule has 0 radical (unpaired) electrons. The first kappa shape index (κ1) is 15.1. The molecule has 3 rings (SSSR count). The lowest BCUT2D eigenvalue weighted by atomic mass is 9.97. The molecule has 0 saturated carbocycles. The summed E-state index contributed by atoms with van der Waals surface area (Å²) in [5, 5.41) is 3.62. The van der Waals surface area contributed by atoms with Gasteiger partial charge in [-0.1, -0.05) is 48.9 Å². The van der Waals surface area contributed by atoms with Gasteiger partial charge in [0.05, 0.1) is 0 Å². The third-order valence-corrected chi connectivity index (χ3v) is 4.38. The van der Waals surface area contributed by atoms with E-state index < -0.39 is 0 Å². The van der Waals surface area contributed by atoms with Crippen LogP contribution < -0.4 is 10.1 Å². The number of aryl methyl sites for hydroxylation is 1. The normalized spacial score (nSPS) is 18.1. The predicted molar refractivity (Wildman–Crippen MR) is 91.3 cm³/mol. The summed E-state index contributed by atoms with van der Waals surface area (Å²) in [6, 6.07) is 17.6. The molecule has 0 aliphatic carbocycles. The fourth-order valence-electron chi connectivity index (χ4n) is 3.05. The summed E-state index contributed by atoms with van der Waals surface area (Å²) in [5.41, 5.74) is 3.78. The van der Waals surface area contributed by atoms with E-state index >= 15 is 0 Å². The summed E-state index contributed by atoms with van der Waals surface area (Å²) in [7, 11) is 0. The summed E-state index contributed by atoms with van der Waals surface area (Å²) >= 11 is 0. The number of ether oxygens (including phenoxy) is 1. The van der Waals surface area contributed by atoms with Crippen LogP contribution in [0, 0.1) is 6.92 Å². The molecule has 1 saturated heterocycles. The number of piperidine rings is 1. The number of nitrogens with one attached hydrogen (secondary N) is 1. The zero-order chi connectivity index (χ0) is 15.2. The van der Waals surface area contributed by atoms with Gasteiger partial charge in [0.1, 0.15) is 12.4 Å². The molecule has 2 nitrogen and oxygen atoms in total. The molecule has 1 aliphatic rings. The molecule has 0 spiro atoms. The summed E-state index contributed by atoms with van der Waals surface area (Å²) < 4.78 is 6.03. The molecular weight excluding hydrogens is 270 g/mol. The van der Waals surface area contributed by atoms with Crippen molar-refractivity contribution in [3.05, 3.63) is 65.2 Å². The Hall–Kier alpha value is -1.80. The molecule has 2 aromatic carbocycles. The molecule has 2 aromatic rings. The lowest BCUT2D eigenvalue weighted by molar-refractivity contribution is 0.303. The average Bonchev–Trinajstić information content (AvgIpc) is 2.57. The van der Waals surface area contributed by atoms with E-state index in [1.54, 1.807) is 0 Å². The number of rotatable bonds is 5. The standard InChI is InChI=1S/C20H25NO/c1-16-10-11-18(13-19-9-5-6-12-21-19)14-20(16)22-15-17-7-3-2-4-8-17/h2-4,7-8,10-11,14,19,21H,5-6,9,12-13,15H2,1H3. The SMILES string of the molecule is Cc1ccc(CC2CCCCN2)cc1OCc1ccccc1. The van der Waals surface area contributed by atoms with Crippen LogP contribution in [0.15, 0.2) is 48.5 Å². The summed E-state index contributed by atoms with van der Waals surface area (Å²) in [5.74, 6) is 1.01. The lowest BCUT2D eigenvalue weighted by Crippen LogP contribution is -2.35. The van der Waals surface area contributed by atoms with E-state index in [-0.39, 0.29) is 0 Å². The number of hydrogen-bond donors (Lipinski definition) is 1. The van der Waals surface area contributed by atoms with Crippen molar-refractivity contribution in [1.29, 1.82) is 0 Å². The molecule has 1 atom stereocenters. The van der Waals surface area contributed by atoms with Crippen molar-refractivity contribution >= 4 is 0 Å². The van der Waals surface area contributed by atoms with Gasteiger partial charge in [0.2, 0.25) is 0 Å². The van der Waals surface area contributed by atoms with Crippen LogP contribution in [0.4, 0.5) is 0 Å². The van der Waals surface area contributed by atoms with Crippen molar-refractivity contribution < 1.29 is 4.74 Å². The van der Waals surface area contributed by atoms with E-state index in [0.29, 0.717) is 12.6 Å². The molecule has 0 bridgehead atoms. The van der Waals surface area contributed by atoms with Crippen molar-refractivity contribution in [2.24, 2.45) is 0 Å². The van der Waals surface area contributed by atoms with Gasteiger partial charge in [0.25, 0.3) is 0 Å². The van der Waals surface area contributed by atoms with Gasteiger partial charge in [-0.3, -0.25) is 0 Å². The van der Waals surface area contributed by atoms with E-state index in [1.165, 1.54) is 36.0 Å². The monoisotopic (exact) mass is 295 g/mol. The van der Waals surface area contributed by atoms with Crippen LogP contribution in [0.2, 0.25) is 0 Å². The molecule has 1 N–H and O–H groups in total. The van der Waals surface area contributed by atoms with Crippen molar-refractivity contribution in [3.63, 3.8) is 0 Å². The topological polar surface area (TPSA) is 21.3 Å². The lowest BCUT2D eigenvalue weighted by Gasteiger charge is -2.23. The van der Waals surface area contributed by atoms with Crippen LogP contribution in [0.3, 0.4) is 0 Å². The fraction of sp³-hybridized carbons (Fsp3) is 0.400. The predicted octanol–water partition coefficient (Wildman–Crippen LogP) is 4.26. The summed E-state index contributed by atoms with van der Waals surface area (Å²) in [6.45, 7) is 3.91. The van der Waals surface area contributed by atoms with Gasteiger partial charge in [-0.25, -0.2) is 0 Å². The highest BCUT2D eigenvalue weighted by atomic mass is 16.5. The molecule has 0 amide bonds. The quantitative estimate of drug-likeness (QED) is 0.890. The van der Waals surface area contributed by atoms with Crippen LogP contribution in [-0.2, 0) is 13.0 Å². The van der Waals surface area contributed by atoms with Gasteiger partial charge in [-0.15, -0.1) is 0 Å². The Morgan fingerprint density at radius 1 is 1.05 bits per heavy atom. The molecule has 1 fully saturated rings. The van der Waals surface area contributed by atoms with Gasteiger partial charge >= 0.3 is 0 Å². The Morgan fingerprint density at radius 3 is 2.68 bits per heavy atom. The van der Waals surface area contributed by atoms with E-state index in [1.807, 2.05) is 6.07 Å². The van der Waals surface area contributed by atoms with E-state index in [0.717, 1.165) is 18.7 Å². The van der Waals surface area contributed by atoms with Crippen molar-refractivity contribution in [3.8, 4) is 5.75 Å². The fourth-order valence-corrected chi connectivity index (χ4v) is 3.05. The summed E-state index contributed by atoms with van der Waals surface area (Å²) in [4.78, 5) is 0. The van der Waals surface area contributed by atoms with E-state index in [2.05, 4.69) is 54.7 Å². The molecule has 116 valence electrons. The maximum absolute atomic E-state index is 6.03. The Bertz CT molecular complexity index is 588. The Morgan fingerprint density at radius 2 is 1.91 bits per heavy atom. The van der Waals surface area contributed by atoms with Crippen LogP contribution in [0.5, 0.6) is 5.75 Å². The van der Waals surface area contributed by atoms with Crippen LogP contribution in [-0.4, -0.2) is 12.6 Å². The highest BCUT2D eigenvalue weighted by molar-refractivity contribution is 5.37. The third kappa shape index (κ3) is 4.11. The van der Waals surface area contributed by atoms with Crippen LogP contribution in [0.25, 0.3) is 0 Å². The van der Waals surface area contributed by atoms with Gasteiger partial charge in [-0.2, -0.15) is 0 Å². The second-order valence-corrected chi connectivity index (χ2v) is 6.23. The second kappa shape index (κ2) is 7.46. The maximum atomic E-state index is 6.03. The Kier molecular flexibility index (Phi) is 5.12. The molecule has 2 heteroatoms. The Labute approximate surface area is 133 Å². The van der Waals surface area contributed by atoms with Gasteiger partial charge in [-0.05, 0) is 55.5 Å². The summed E-state index contributed by atoms with van der Waals surface area (Å²) in [6.07, 6.45) is 5.05. The van der Waals surface area contributed by atoms with Crippen molar-refractivity contribution in [2.45, 2.75) is 45.3 Å². The second-order valence-electron chi connectivity index (χ2n) is 6.23. The first-order valence-electron chi connectivity index (χ1n) is 8.31. The van der Waals surface area contributed by atoms with Gasteiger partial charge in [0.15, 0.2) is 0 Å². The molecule has 1 heterocycles. The average molecular weight is 295 g/mol. The van der Waals surface area contributed by atoms with Crippen LogP contribution in [0.1, 0.15) is 36.0 Å². The Balaban J connectivity index is 1.64. The minimum Gasteiger partial charge on any atom is -0.489 e. The van der Waals surface area contributed by atoms with Crippen molar-refractivity contribution in [2.75, 3.05) is 6.54 Å². The molecule has 1 unspecified atom stereocenters. The highest BCUT2D eigenvalue weighted by Crippen LogP contribution is 2.23. The van der Waals surface area contributed by atoms with E-state index in [9.17, 15) is 0 Å². The highest BCUT2D eigenvalue weighted by Gasteiger charge is 2.13. The maximum Gasteiger partial charge on any atom is 0.122 e. The smallest absolute Gasteiger partial charge is 0.122 e. The molecule has 1 aliphatic heterocycles. The van der Waals surface area contributed by atoms with Gasteiger partial charge < -0.3 is 10.1 Å². The zero-order valence-corrected chi connectivity index (χ0v) is 13.3. The molecular formula is C20H25NO. The first-order valence-corrected chi connectivity index (χ1v) is 8.31. The molecule has 0 aromatic heterocycles. The largest absolute Gasteiger partial charge is 0.489 e. The van der Waals surface area contributed by atoms with Crippen LogP contribution >= 0.6 is 0 Å². The number of hydrogen-bond acceptors (Lipinski definition) is 2.